The lowest BCUT2D eigenvalue weighted by Crippen LogP contribution is -2.09. The van der Waals surface area contributed by atoms with E-state index in [0.717, 1.165) is 11.0 Å². The summed E-state index contributed by atoms with van der Waals surface area (Å²) in [4.78, 5) is 0. The summed E-state index contributed by atoms with van der Waals surface area (Å²) in [7, 11) is 1.63. The molecule has 11 heavy (non-hydrogen) atoms. The molecule has 0 amide bonds. The summed E-state index contributed by atoms with van der Waals surface area (Å²) < 4.78 is 5.09. The largest absolute Gasteiger partial charge is 0.416 e. The Morgan fingerprint density at radius 2 is 2.27 bits per heavy atom. The molecular formula is C8H5BNO. The molecule has 0 saturated carbocycles. The summed E-state index contributed by atoms with van der Waals surface area (Å²) in [6.07, 6.45) is -0.397. The maximum atomic E-state index is 8.62. The van der Waals surface area contributed by atoms with Crippen LogP contribution in [0.15, 0.2) is 24.3 Å². The number of benzene rings is 1. The first-order valence-corrected chi connectivity index (χ1v) is 3.39. The van der Waals surface area contributed by atoms with Crippen molar-refractivity contribution >= 4 is 12.9 Å². The van der Waals surface area contributed by atoms with Crippen molar-refractivity contribution in [2.24, 2.45) is 0 Å². The van der Waals surface area contributed by atoms with E-state index in [2.05, 4.69) is 6.07 Å². The van der Waals surface area contributed by atoms with Crippen LogP contribution in [-0.4, -0.2) is 7.48 Å². The van der Waals surface area contributed by atoms with Crippen LogP contribution in [0, 0.1) is 11.3 Å². The van der Waals surface area contributed by atoms with Crippen molar-refractivity contribution in [3.8, 4) is 6.07 Å². The Labute approximate surface area is 65.7 Å². The zero-order valence-corrected chi connectivity index (χ0v) is 5.82. The molecule has 0 fully saturated rings. The topological polar surface area (TPSA) is 33.0 Å². The SMILES string of the molecule is N#CC1O[B]c2ccccc21. The molecule has 0 spiro atoms. The van der Waals surface area contributed by atoms with Crippen molar-refractivity contribution in [2.45, 2.75) is 6.10 Å². The van der Waals surface area contributed by atoms with Crippen LogP contribution < -0.4 is 5.46 Å². The molecule has 2 nitrogen and oxygen atoms in total. The molecule has 1 aliphatic rings. The van der Waals surface area contributed by atoms with Gasteiger partial charge in [-0.1, -0.05) is 24.3 Å². The molecule has 3 heteroatoms. The lowest BCUT2D eigenvalue weighted by molar-refractivity contribution is 0.297. The van der Waals surface area contributed by atoms with Gasteiger partial charge in [0, 0.05) is 0 Å². The third-order valence-corrected chi connectivity index (χ3v) is 1.73. The van der Waals surface area contributed by atoms with Crippen molar-refractivity contribution in [1.82, 2.24) is 0 Å². The molecule has 1 radical (unpaired) electrons. The smallest absolute Gasteiger partial charge is 0.332 e. The molecule has 0 bridgehead atoms. The highest BCUT2D eigenvalue weighted by Gasteiger charge is 2.22. The lowest BCUT2D eigenvalue weighted by Gasteiger charge is -1.99. The maximum absolute atomic E-state index is 8.62. The predicted octanol–water partition coefficient (Wildman–Crippen LogP) is 0.526. The summed E-state index contributed by atoms with van der Waals surface area (Å²) >= 11 is 0. The van der Waals surface area contributed by atoms with Crippen LogP contribution in [-0.2, 0) is 4.65 Å². The van der Waals surface area contributed by atoms with Gasteiger partial charge in [0.25, 0.3) is 0 Å². The third kappa shape index (κ3) is 0.922. The van der Waals surface area contributed by atoms with Gasteiger partial charge in [-0.3, -0.25) is 0 Å². The zero-order chi connectivity index (χ0) is 7.68. The highest BCUT2D eigenvalue weighted by atomic mass is 16.4. The number of nitriles is 1. The summed E-state index contributed by atoms with van der Waals surface area (Å²) in [5, 5.41) is 8.62. The summed E-state index contributed by atoms with van der Waals surface area (Å²) in [5.41, 5.74) is 1.98. The Morgan fingerprint density at radius 1 is 1.45 bits per heavy atom. The van der Waals surface area contributed by atoms with E-state index in [-0.39, 0.29) is 0 Å². The lowest BCUT2D eigenvalue weighted by atomic mass is 9.87. The van der Waals surface area contributed by atoms with Gasteiger partial charge in [0.05, 0.1) is 6.07 Å². The van der Waals surface area contributed by atoms with Crippen molar-refractivity contribution in [3.63, 3.8) is 0 Å². The van der Waals surface area contributed by atoms with Crippen molar-refractivity contribution in [3.05, 3.63) is 29.8 Å². The minimum atomic E-state index is -0.397. The fourth-order valence-corrected chi connectivity index (χ4v) is 1.17. The van der Waals surface area contributed by atoms with Crippen molar-refractivity contribution < 1.29 is 4.65 Å². The van der Waals surface area contributed by atoms with Gasteiger partial charge in [-0.15, -0.1) is 0 Å². The average molecular weight is 142 g/mol. The Kier molecular flexibility index (Phi) is 1.41. The first kappa shape index (κ1) is 6.45. The number of rotatable bonds is 0. The highest BCUT2D eigenvalue weighted by molar-refractivity contribution is 6.49. The van der Waals surface area contributed by atoms with Crippen molar-refractivity contribution in [1.29, 1.82) is 5.26 Å². The molecule has 1 aliphatic heterocycles. The quantitative estimate of drug-likeness (QED) is 0.494. The highest BCUT2D eigenvalue weighted by Crippen LogP contribution is 2.18. The van der Waals surface area contributed by atoms with E-state index >= 15 is 0 Å². The maximum Gasteiger partial charge on any atom is 0.332 e. The fraction of sp³-hybridized carbons (Fsp3) is 0.125. The van der Waals surface area contributed by atoms with Crippen LogP contribution in [0.1, 0.15) is 11.7 Å². The summed E-state index contributed by atoms with van der Waals surface area (Å²) in [6, 6.07) is 9.75. The van der Waals surface area contributed by atoms with Gasteiger partial charge < -0.3 is 4.65 Å². The van der Waals surface area contributed by atoms with E-state index in [1.807, 2.05) is 24.3 Å². The van der Waals surface area contributed by atoms with Gasteiger partial charge >= 0.3 is 7.48 Å². The van der Waals surface area contributed by atoms with Gasteiger partial charge in [0.15, 0.2) is 6.10 Å². The molecular weight excluding hydrogens is 137 g/mol. The molecule has 0 aliphatic carbocycles. The van der Waals surface area contributed by atoms with Gasteiger partial charge in [0.1, 0.15) is 0 Å². The second-order valence-corrected chi connectivity index (χ2v) is 2.39. The Balaban J connectivity index is 2.49. The first-order valence-electron chi connectivity index (χ1n) is 3.39. The predicted molar refractivity (Wildman–Crippen MR) is 41.3 cm³/mol. The van der Waals surface area contributed by atoms with Gasteiger partial charge in [0.2, 0.25) is 0 Å². The van der Waals surface area contributed by atoms with Crippen LogP contribution in [0.3, 0.4) is 0 Å². The summed E-state index contributed by atoms with van der Waals surface area (Å²) in [6.45, 7) is 0. The fourth-order valence-electron chi connectivity index (χ4n) is 1.17. The Morgan fingerprint density at radius 3 is 3.09 bits per heavy atom. The molecule has 0 saturated heterocycles. The van der Waals surface area contributed by atoms with Crippen LogP contribution in [0.2, 0.25) is 0 Å². The first-order chi connectivity index (χ1) is 5.42. The zero-order valence-electron chi connectivity index (χ0n) is 5.82. The van der Waals surface area contributed by atoms with E-state index in [4.69, 9.17) is 9.92 Å². The second kappa shape index (κ2) is 2.41. The average Bonchev–Trinajstić information content (AvgIpc) is 2.47. The molecule has 1 atom stereocenters. The molecule has 1 unspecified atom stereocenters. The molecule has 2 rings (SSSR count). The van der Waals surface area contributed by atoms with E-state index < -0.39 is 6.10 Å². The van der Waals surface area contributed by atoms with Crippen LogP contribution in [0.4, 0.5) is 0 Å². The number of hydrogen-bond acceptors (Lipinski definition) is 2. The van der Waals surface area contributed by atoms with E-state index in [9.17, 15) is 0 Å². The van der Waals surface area contributed by atoms with Gasteiger partial charge in [-0.25, -0.2) is 0 Å². The Bertz CT molecular complexity index is 318. The molecule has 1 aromatic rings. The minimum Gasteiger partial charge on any atom is -0.416 e. The normalized spacial score (nSPS) is 20.1. The van der Waals surface area contributed by atoms with Crippen LogP contribution >= 0.6 is 0 Å². The molecule has 51 valence electrons. The molecule has 1 aromatic carbocycles. The molecule has 0 aromatic heterocycles. The summed E-state index contributed by atoms with van der Waals surface area (Å²) in [5.74, 6) is 0. The van der Waals surface area contributed by atoms with Gasteiger partial charge in [-0.05, 0) is 11.0 Å². The molecule has 0 N–H and O–H groups in total. The van der Waals surface area contributed by atoms with Crippen LogP contribution in [0.5, 0.6) is 0 Å². The minimum absolute atomic E-state index is 0.397. The van der Waals surface area contributed by atoms with Crippen LogP contribution in [0.25, 0.3) is 0 Å². The number of fused-ring (bicyclic) bond motifs is 1. The van der Waals surface area contributed by atoms with E-state index in [0.29, 0.717) is 0 Å². The number of nitrogens with zero attached hydrogens (tertiary/aromatic N) is 1. The monoisotopic (exact) mass is 142 g/mol. The number of hydrogen-bond donors (Lipinski definition) is 0. The molecule has 1 heterocycles. The second-order valence-electron chi connectivity index (χ2n) is 2.39. The van der Waals surface area contributed by atoms with Crippen molar-refractivity contribution in [2.75, 3.05) is 0 Å². The van der Waals surface area contributed by atoms with E-state index in [1.54, 1.807) is 7.48 Å². The standard InChI is InChI=1S/C8H5BNO/c10-5-8-6-3-1-2-4-7(6)9-11-8/h1-4,8H. The Hall–Kier alpha value is -1.27. The van der Waals surface area contributed by atoms with Gasteiger partial charge in [-0.2, -0.15) is 5.26 Å². The third-order valence-electron chi connectivity index (χ3n) is 1.73. The van der Waals surface area contributed by atoms with E-state index in [1.165, 1.54) is 0 Å².